The molecule has 2 saturated heterocycles. The minimum absolute atomic E-state index is 0.0215. The average molecular weight is 320 g/mol. The van der Waals surface area contributed by atoms with E-state index in [1.807, 2.05) is 0 Å². The summed E-state index contributed by atoms with van der Waals surface area (Å²) in [4.78, 5) is 25.4. The van der Waals surface area contributed by atoms with E-state index in [-0.39, 0.29) is 11.6 Å². The van der Waals surface area contributed by atoms with Crippen molar-refractivity contribution >= 4 is 17.6 Å². The minimum atomic E-state index is -0.576. The van der Waals surface area contributed by atoms with Crippen LogP contribution in [0.25, 0.3) is 0 Å². The van der Waals surface area contributed by atoms with Crippen LogP contribution >= 0.6 is 0 Å². The Morgan fingerprint density at radius 2 is 2.26 bits per heavy atom. The zero-order valence-electron chi connectivity index (χ0n) is 12.9. The van der Waals surface area contributed by atoms with Crippen LogP contribution in [0.4, 0.5) is 14.9 Å². The van der Waals surface area contributed by atoms with Gasteiger partial charge in [-0.05, 0) is 50.0 Å². The van der Waals surface area contributed by atoms with Crippen LogP contribution in [-0.2, 0) is 0 Å². The fourth-order valence-electron chi connectivity index (χ4n) is 3.02. The van der Waals surface area contributed by atoms with E-state index in [1.54, 1.807) is 0 Å². The first kappa shape index (κ1) is 15.7. The van der Waals surface area contributed by atoms with Gasteiger partial charge in [0.05, 0.1) is 5.56 Å². The maximum atomic E-state index is 13.9. The second kappa shape index (κ2) is 6.95. The molecule has 3 amide bonds. The van der Waals surface area contributed by atoms with Gasteiger partial charge in [-0.15, -0.1) is 0 Å². The molecule has 2 aliphatic rings. The number of urea groups is 1. The minimum Gasteiger partial charge on any atom is -0.352 e. The lowest BCUT2D eigenvalue weighted by Gasteiger charge is -2.16. The lowest BCUT2D eigenvalue weighted by molar-refractivity contribution is 0.0947. The van der Waals surface area contributed by atoms with E-state index in [4.69, 9.17) is 0 Å². The van der Waals surface area contributed by atoms with Crippen LogP contribution < -0.4 is 20.9 Å². The van der Waals surface area contributed by atoms with Gasteiger partial charge in [-0.1, -0.05) is 0 Å². The zero-order chi connectivity index (χ0) is 16.2. The first-order chi connectivity index (χ1) is 11.1. The Kier molecular flexibility index (Phi) is 4.76. The molecule has 0 aliphatic carbocycles. The van der Waals surface area contributed by atoms with Crippen molar-refractivity contribution in [3.8, 4) is 0 Å². The molecule has 23 heavy (non-hydrogen) atoms. The molecule has 6 nitrogen and oxygen atoms in total. The van der Waals surface area contributed by atoms with Gasteiger partial charge in [0.2, 0.25) is 0 Å². The van der Waals surface area contributed by atoms with Gasteiger partial charge in [0.15, 0.2) is 0 Å². The van der Waals surface area contributed by atoms with Crippen LogP contribution in [0.3, 0.4) is 0 Å². The van der Waals surface area contributed by atoms with Gasteiger partial charge >= 0.3 is 6.03 Å². The molecule has 1 atom stereocenters. The molecule has 0 aromatic heterocycles. The molecule has 2 aliphatic heterocycles. The van der Waals surface area contributed by atoms with E-state index < -0.39 is 11.7 Å². The fraction of sp³-hybridized carbons (Fsp3) is 0.500. The van der Waals surface area contributed by atoms with E-state index in [9.17, 15) is 14.0 Å². The largest absolute Gasteiger partial charge is 0.352 e. The maximum absolute atomic E-state index is 13.9. The molecule has 1 aromatic rings. The van der Waals surface area contributed by atoms with Crippen LogP contribution in [0.5, 0.6) is 0 Å². The average Bonchev–Trinajstić information content (AvgIpc) is 3.19. The monoisotopic (exact) mass is 320 g/mol. The Balaban J connectivity index is 1.63. The van der Waals surface area contributed by atoms with E-state index in [1.165, 1.54) is 23.1 Å². The van der Waals surface area contributed by atoms with Crippen molar-refractivity contribution in [2.75, 3.05) is 37.6 Å². The quantitative estimate of drug-likeness (QED) is 0.760. The van der Waals surface area contributed by atoms with Crippen LogP contribution in [0, 0.1) is 11.7 Å². The molecular formula is C16H21FN4O2. The molecule has 1 unspecified atom stereocenters. The Labute approximate surface area is 134 Å². The predicted molar refractivity (Wildman–Crippen MR) is 85.1 cm³/mol. The van der Waals surface area contributed by atoms with Gasteiger partial charge in [-0.3, -0.25) is 9.69 Å². The van der Waals surface area contributed by atoms with Gasteiger partial charge in [0.25, 0.3) is 5.91 Å². The normalized spacial score (nSPS) is 20.7. The Bertz CT molecular complexity index is 602. The molecule has 2 heterocycles. The number of anilines is 1. The summed E-state index contributed by atoms with van der Waals surface area (Å²) in [6.07, 6.45) is 2.00. The second-order valence-corrected chi connectivity index (χ2v) is 5.95. The molecule has 0 radical (unpaired) electrons. The molecule has 3 rings (SSSR count). The summed E-state index contributed by atoms with van der Waals surface area (Å²) >= 11 is 0. The summed E-state index contributed by atoms with van der Waals surface area (Å²) in [7, 11) is 0. The van der Waals surface area contributed by atoms with Gasteiger partial charge in [-0.25, -0.2) is 9.18 Å². The number of nitrogens with zero attached hydrogens (tertiary/aromatic N) is 1. The summed E-state index contributed by atoms with van der Waals surface area (Å²) in [5.74, 6) is -0.442. The highest BCUT2D eigenvalue weighted by atomic mass is 19.1. The third-order valence-electron chi connectivity index (χ3n) is 4.36. The Morgan fingerprint density at radius 3 is 2.96 bits per heavy atom. The van der Waals surface area contributed by atoms with Crippen LogP contribution in [0.2, 0.25) is 0 Å². The Morgan fingerprint density at radius 1 is 1.39 bits per heavy atom. The topological polar surface area (TPSA) is 73.5 Å². The molecule has 0 spiro atoms. The predicted octanol–water partition coefficient (Wildman–Crippen LogP) is 1.08. The van der Waals surface area contributed by atoms with Crippen molar-refractivity contribution in [3.63, 3.8) is 0 Å². The number of amides is 3. The molecule has 2 fully saturated rings. The molecule has 7 heteroatoms. The summed E-state index contributed by atoms with van der Waals surface area (Å²) in [5, 5.41) is 8.73. The van der Waals surface area contributed by atoms with Crippen LogP contribution in [0.1, 0.15) is 23.2 Å². The van der Waals surface area contributed by atoms with Crippen LogP contribution in [-0.4, -0.2) is 44.7 Å². The number of halogens is 1. The molecule has 1 aromatic carbocycles. The fourth-order valence-corrected chi connectivity index (χ4v) is 3.02. The van der Waals surface area contributed by atoms with E-state index in [2.05, 4.69) is 16.0 Å². The number of rotatable bonds is 5. The van der Waals surface area contributed by atoms with Gasteiger partial charge < -0.3 is 16.0 Å². The third-order valence-corrected chi connectivity index (χ3v) is 4.36. The number of hydrogen-bond donors (Lipinski definition) is 3. The van der Waals surface area contributed by atoms with Crippen molar-refractivity contribution in [1.29, 1.82) is 0 Å². The number of carbonyl (C=O) groups is 2. The van der Waals surface area contributed by atoms with Crippen molar-refractivity contribution < 1.29 is 14.0 Å². The highest BCUT2D eigenvalue weighted by Gasteiger charge is 2.23. The van der Waals surface area contributed by atoms with Crippen LogP contribution in [0.15, 0.2) is 18.2 Å². The molecular weight excluding hydrogens is 299 g/mol. The van der Waals surface area contributed by atoms with Crippen molar-refractivity contribution in [2.24, 2.45) is 5.92 Å². The van der Waals surface area contributed by atoms with E-state index in [0.717, 1.165) is 25.9 Å². The molecule has 0 bridgehead atoms. The summed E-state index contributed by atoms with van der Waals surface area (Å²) in [5.41, 5.74) is 0.512. The van der Waals surface area contributed by atoms with Crippen molar-refractivity contribution in [3.05, 3.63) is 29.6 Å². The highest BCUT2D eigenvalue weighted by molar-refractivity contribution is 5.98. The summed E-state index contributed by atoms with van der Waals surface area (Å²) in [6, 6.07) is 3.96. The number of hydrogen-bond acceptors (Lipinski definition) is 3. The SMILES string of the molecule is O=C(NCCC1CCNC1)c1cc(N2CCNC2=O)ccc1F. The van der Waals surface area contributed by atoms with Gasteiger partial charge in [-0.2, -0.15) is 0 Å². The van der Waals surface area contributed by atoms with Crippen molar-refractivity contribution in [2.45, 2.75) is 12.8 Å². The molecule has 0 saturated carbocycles. The number of benzene rings is 1. The number of nitrogens with one attached hydrogen (secondary N) is 3. The molecule has 3 N–H and O–H groups in total. The van der Waals surface area contributed by atoms with Crippen molar-refractivity contribution in [1.82, 2.24) is 16.0 Å². The van der Waals surface area contributed by atoms with Gasteiger partial charge in [0.1, 0.15) is 5.82 Å². The van der Waals surface area contributed by atoms with E-state index >= 15 is 0 Å². The summed E-state index contributed by atoms with van der Waals surface area (Å²) < 4.78 is 13.9. The smallest absolute Gasteiger partial charge is 0.321 e. The second-order valence-electron chi connectivity index (χ2n) is 5.95. The maximum Gasteiger partial charge on any atom is 0.321 e. The summed E-state index contributed by atoms with van der Waals surface area (Å²) in [6.45, 7) is 3.59. The lowest BCUT2D eigenvalue weighted by atomic mass is 10.1. The third kappa shape index (κ3) is 3.61. The Hall–Kier alpha value is -2.15. The first-order valence-electron chi connectivity index (χ1n) is 7.99. The highest BCUT2D eigenvalue weighted by Crippen LogP contribution is 2.20. The first-order valence-corrected chi connectivity index (χ1v) is 7.99. The van der Waals surface area contributed by atoms with Gasteiger partial charge in [0, 0.05) is 25.3 Å². The molecule has 124 valence electrons. The standard InChI is InChI=1S/C16H21FN4O2/c17-14-2-1-12(21-8-7-20-16(21)23)9-13(14)15(22)19-6-4-11-3-5-18-10-11/h1-2,9,11,18H,3-8,10H2,(H,19,22)(H,20,23). The zero-order valence-corrected chi connectivity index (χ0v) is 12.9. The lowest BCUT2D eigenvalue weighted by Crippen LogP contribution is -2.29. The van der Waals surface area contributed by atoms with E-state index in [0.29, 0.717) is 31.2 Å². The number of carbonyl (C=O) groups excluding carboxylic acids is 2.